The van der Waals surface area contributed by atoms with E-state index in [1.54, 1.807) is 30.3 Å². The fourth-order valence-electron chi connectivity index (χ4n) is 3.18. The van der Waals surface area contributed by atoms with Gasteiger partial charge in [0.2, 0.25) is 0 Å². The molecule has 0 spiro atoms. The number of carboxylic acids is 1. The predicted octanol–water partition coefficient (Wildman–Crippen LogP) is 4.69. The van der Waals surface area contributed by atoms with Crippen molar-refractivity contribution in [2.24, 2.45) is 0 Å². The summed E-state index contributed by atoms with van der Waals surface area (Å²) in [6, 6.07) is 16.9. The van der Waals surface area contributed by atoms with Crippen molar-refractivity contribution in [3.05, 3.63) is 89.0 Å². The van der Waals surface area contributed by atoms with E-state index in [2.05, 4.69) is 0 Å². The molecule has 27 heavy (non-hydrogen) atoms. The number of ether oxygens (including phenoxy) is 1. The van der Waals surface area contributed by atoms with Gasteiger partial charge in [-0.2, -0.15) is 0 Å². The Bertz CT molecular complexity index is 911. The van der Waals surface area contributed by atoms with Gasteiger partial charge in [-0.05, 0) is 49.7 Å². The van der Waals surface area contributed by atoms with Gasteiger partial charge in [0.25, 0.3) is 0 Å². The van der Waals surface area contributed by atoms with Crippen molar-refractivity contribution in [2.45, 2.75) is 32.9 Å². The van der Waals surface area contributed by atoms with Gasteiger partial charge in [0, 0.05) is 23.4 Å². The van der Waals surface area contributed by atoms with Crippen LogP contribution in [0.3, 0.4) is 0 Å². The number of carboxylic acid groups (broad SMARTS) is 1. The molecule has 0 aliphatic heterocycles. The number of hydrogen-bond donors (Lipinski definition) is 1. The van der Waals surface area contributed by atoms with E-state index in [0.29, 0.717) is 17.7 Å². The first-order valence-electron chi connectivity index (χ1n) is 8.78. The zero-order valence-corrected chi connectivity index (χ0v) is 15.4. The molecule has 0 saturated heterocycles. The van der Waals surface area contributed by atoms with Crippen LogP contribution in [-0.4, -0.2) is 15.6 Å². The summed E-state index contributed by atoms with van der Waals surface area (Å²) in [7, 11) is 0. The number of halogens is 1. The van der Waals surface area contributed by atoms with Crippen LogP contribution in [0, 0.1) is 19.7 Å². The van der Waals surface area contributed by atoms with E-state index < -0.39 is 12.0 Å². The van der Waals surface area contributed by atoms with Gasteiger partial charge >= 0.3 is 5.97 Å². The number of hydrogen-bond acceptors (Lipinski definition) is 2. The highest BCUT2D eigenvalue weighted by Gasteiger charge is 2.22. The van der Waals surface area contributed by atoms with E-state index in [1.165, 1.54) is 6.07 Å². The largest absolute Gasteiger partial charge is 0.489 e. The molecule has 0 unspecified atom stereocenters. The van der Waals surface area contributed by atoms with E-state index in [-0.39, 0.29) is 12.4 Å². The van der Waals surface area contributed by atoms with Crippen LogP contribution in [0.1, 0.15) is 28.6 Å². The van der Waals surface area contributed by atoms with Crippen molar-refractivity contribution < 1.29 is 19.0 Å². The second kappa shape index (κ2) is 8.08. The minimum absolute atomic E-state index is 0.144. The Kier molecular flexibility index (Phi) is 5.60. The molecule has 0 bridgehead atoms. The number of carbonyl (C=O) groups is 1. The second-order valence-corrected chi connectivity index (χ2v) is 6.57. The molecule has 0 saturated carbocycles. The predicted molar refractivity (Wildman–Crippen MR) is 101 cm³/mol. The van der Waals surface area contributed by atoms with Gasteiger partial charge in [0.15, 0.2) is 0 Å². The minimum atomic E-state index is -0.864. The van der Waals surface area contributed by atoms with Gasteiger partial charge in [-0.1, -0.05) is 30.3 Å². The van der Waals surface area contributed by atoms with Crippen LogP contribution in [0.15, 0.2) is 60.7 Å². The monoisotopic (exact) mass is 367 g/mol. The number of rotatable bonds is 7. The highest BCUT2D eigenvalue weighted by atomic mass is 19.1. The van der Waals surface area contributed by atoms with Crippen LogP contribution in [0.25, 0.3) is 0 Å². The van der Waals surface area contributed by atoms with E-state index in [4.69, 9.17) is 4.74 Å². The molecule has 0 fully saturated rings. The molecule has 4 nitrogen and oxygen atoms in total. The van der Waals surface area contributed by atoms with E-state index >= 15 is 0 Å². The van der Waals surface area contributed by atoms with Crippen LogP contribution in [0.5, 0.6) is 5.75 Å². The zero-order valence-electron chi connectivity index (χ0n) is 15.4. The summed E-state index contributed by atoms with van der Waals surface area (Å²) in [5.41, 5.74) is 3.23. The average Bonchev–Trinajstić information content (AvgIpc) is 2.98. The first-order chi connectivity index (χ1) is 13.0. The molecule has 0 amide bonds. The summed E-state index contributed by atoms with van der Waals surface area (Å²) in [6.07, 6.45) is 0.374. The van der Waals surface area contributed by atoms with Crippen molar-refractivity contribution in [2.75, 3.05) is 0 Å². The third-order valence-electron chi connectivity index (χ3n) is 4.63. The quantitative estimate of drug-likeness (QED) is 0.659. The number of benzene rings is 2. The van der Waals surface area contributed by atoms with Crippen molar-refractivity contribution >= 4 is 5.97 Å². The summed E-state index contributed by atoms with van der Waals surface area (Å²) in [5, 5.41) is 9.67. The Balaban J connectivity index is 1.69. The van der Waals surface area contributed by atoms with E-state index in [1.807, 2.05) is 42.7 Å². The normalized spacial score (nSPS) is 12.0. The molecule has 3 aromatic rings. The maximum atomic E-state index is 13.6. The number of aliphatic carboxylic acids is 1. The van der Waals surface area contributed by atoms with Crippen LogP contribution in [-0.2, 0) is 17.8 Å². The summed E-state index contributed by atoms with van der Waals surface area (Å²) < 4.78 is 21.1. The summed E-state index contributed by atoms with van der Waals surface area (Å²) in [4.78, 5) is 11.8. The summed E-state index contributed by atoms with van der Waals surface area (Å²) in [6.45, 7) is 3.96. The van der Waals surface area contributed by atoms with Gasteiger partial charge in [0.1, 0.15) is 24.2 Å². The van der Waals surface area contributed by atoms with E-state index in [0.717, 1.165) is 17.0 Å². The van der Waals surface area contributed by atoms with Crippen molar-refractivity contribution in [3.63, 3.8) is 0 Å². The molecule has 1 atom stereocenters. The van der Waals surface area contributed by atoms with Gasteiger partial charge in [-0.15, -0.1) is 0 Å². The first kappa shape index (κ1) is 18.7. The molecule has 1 heterocycles. The maximum absolute atomic E-state index is 13.6. The average molecular weight is 367 g/mol. The lowest BCUT2D eigenvalue weighted by Gasteiger charge is -2.19. The molecular weight excluding hydrogens is 345 g/mol. The minimum Gasteiger partial charge on any atom is -0.489 e. The number of nitrogens with zero attached hydrogens (tertiary/aromatic N) is 1. The smallest absolute Gasteiger partial charge is 0.327 e. The van der Waals surface area contributed by atoms with Crippen molar-refractivity contribution in [3.8, 4) is 5.75 Å². The molecule has 3 rings (SSSR count). The third-order valence-corrected chi connectivity index (χ3v) is 4.63. The lowest BCUT2D eigenvalue weighted by atomic mass is 10.1. The highest BCUT2D eigenvalue weighted by molar-refractivity contribution is 5.72. The van der Waals surface area contributed by atoms with Crippen LogP contribution >= 0.6 is 0 Å². The molecule has 140 valence electrons. The molecule has 0 radical (unpaired) electrons. The lowest BCUT2D eigenvalue weighted by Crippen LogP contribution is -2.23. The van der Waals surface area contributed by atoms with Crippen LogP contribution in [0.2, 0.25) is 0 Å². The fourth-order valence-corrected chi connectivity index (χ4v) is 3.18. The summed E-state index contributed by atoms with van der Waals surface area (Å²) in [5.74, 6) is -0.546. The molecule has 0 aliphatic rings. The van der Waals surface area contributed by atoms with Gasteiger partial charge < -0.3 is 14.4 Å². The van der Waals surface area contributed by atoms with Gasteiger partial charge in [-0.25, -0.2) is 9.18 Å². The topological polar surface area (TPSA) is 51.5 Å². The first-order valence-corrected chi connectivity index (χ1v) is 8.78. The Morgan fingerprint density at radius 1 is 1.04 bits per heavy atom. The van der Waals surface area contributed by atoms with Crippen molar-refractivity contribution in [1.82, 2.24) is 4.57 Å². The van der Waals surface area contributed by atoms with E-state index in [9.17, 15) is 14.3 Å². The Labute approximate surface area is 157 Å². The molecule has 1 aromatic heterocycles. The lowest BCUT2D eigenvalue weighted by molar-refractivity contribution is -0.141. The zero-order chi connectivity index (χ0) is 19.4. The number of aromatic nitrogens is 1. The van der Waals surface area contributed by atoms with Crippen LogP contribution in [0.4, 0.5) is 4.39 Å². The Morgan fingerprint density at radius 2 is 1.67 bits per heavy atom. The second-order valence-electron chi connectivity index (χ2n) is 6.57. The third kappa shape index (κ3) is 4.37. The SMILES string of the molecule is Cc1ccc(C)n1[C@@H](Cc1ccc(OCc2ccccc2F)cc1)C(=O)O. The number of aryl methyl sites for hydroxylation is 2. The molecule has 5 heteroatoms. The molecule has 1 N–H and O–H groups in total. The summed E-state index contributed by atoms with van der Waals surface area (Å²) >= 11 is 0. The standard InChI is InChI=1S/C22H22FNO3/c1-15-7-8-16(2)24(15)21(22(25)26)13-17-9-11-19(12-10-17)27-14-18-5-3-4-6-20(18)23/h3-12,21H,13-14H2,1-2H3,(H,25,26)/t21-/m0/s1. The molecular formula is C22H22FNO3. The Morgan fingerprint density at radius 3 is 2.26 bits per heavy atom. The van der Waals surface area contributed by atoms with Crippen molar-refractivity contribution in [1.29, 1.82) is 0 Å². The van der Waals surface area contributed by atoms with Gasteiger partial charge in [-0.3, -0.25) is 0 Å². The molecule has 0 aliphatic carbocycles. The highest BCUT2D eigenvalue weighted by Crippen LogP contribution is 2.23. The maximum Gasteiger partial charge on any atom is 0.327 e. The van der Waals surface area contributed by atoms with Gasteiger partial charge in [0.05, 0.1) is 0 Å². The fraction of sp³-hybridized carbons (Fsp3) is 0.227. The molecule has 2 aromatic carbocycles. The van der Waals surface area contributed by atoms with Crippen LogP contribution < -0.4 is 4.74 Å². The Hall–Kier alpha value is -3.08.